The topological polar surface area (TPSA) is 82.2 Å². The molecule has 1 unspecified atom stereocenters. The summed E-state index contributed by atoms with van der Waals surface area (Å²) in [6.45, 7) is 1.67. The largest absolute Gasteiger partial charge is 0.416 e. The van der Waals surface area contributed by atoms with Gasteiger partial charge in [0.05, 0.1) is 25.3 Å². The molecule has 0 aromatic heterocycles. The molecule has 192 valence electrons. The molecular formula is C24H24ClF3N4O4. The minimum Gasteiger partial charge on any atom is -0.378 e. The summed E-state index contributed by atoms with van der Waals surface area (Å²) in [5.41, 5.74) is -0.281. The van der Waals surface area contributed by atoms with Gasteiger partial charge in [-0.2, -0.15) is 13.2 Å². The van der Waals surface area contributed by atoms with Crippen molar-refractivity contribution in [3.8, 4) is 0 Å². The van der Waals surface area contributed by atoms with Gasteiger partial charge in [0, 0.05) is 42.5 Å². The van der Waals surface area contributed by atoms with E-state index in [0.717, 1.165) is 24.3 Å². The van der Waals surface area contributed by atoms with Crippen LogP contribution in [-0.2, 0) is 15.7 Å². The lowest BCUT2D eigenvalue weighted by molar-refractivity contribution is -0.141. The van der Waals surface area contributed by atoms with E-state index in [-0.39, 0.29) is 37.1 Å². The van der Waals surface area contributed by atoms with Crippen LogP contribution in [0.25, 0.3) is 0 Å². The predicted octanol–water partition coefficient (Wildman–Crippen LogP) is 3.58. The molecule has 2 heterocycles. The molecule has 8 nitrogen and oxygen atoms in total. The number of carbonyl (C=O) groups is 3. The van der Waals surface area contributed by atoms with Gasteiger partial charge in [0.25, 0.3) is 5.91 Å². The first-order chi connectivity index (χ1) is 17.1. The van der Waals surface area contributed by atoms with Gasteiger partial charge in [-0.05, 0) is 48.5 Å². The fraction of sp³-hybridized carbons (Fsp3) is 0.375. The summed E-state index contributed by atoms with van der Waals surface area (Å²) in [5.74, 6) is -0.659. The smallest absolute Gasteiger partial charge is 0.378 e. The number of benzene rings is 2. The SMILES string of the molecule is O=C(Nc1ccc(C(F)(F)F)cc1)N1CCN(C(=O)c2ccc(Cl)cc2)C(C(=O)N2CCOCC2)C1. The maximum Gasteiger partial charge on any atom is 0.416 e. The molecule has 2 aliphatic rings. The Hall–Kier alpha value is -3.31. The molecule has 4 rings (SSSR count). The number of alkyl halides is 3. The van der Waals surface area contributed by atoms with Crippen molar-refractivity contribution in [1.29, 1.82) is 0 Å². The number of halogens is 4. The van der Waals surface area contributed by atoms with Crippen molar-refractivity contribution in [3.05, 3.63) is 64.7 Å². The molecule has 2 fully saturated rings. The van der Waals surface area contributed by atoms with Crippen LogP contribution in [0.4, 0.5) is 23.7 Å². The summed E-state index contributed by atoms with van der Waals surface area (Å²) < 4.78 is 43.7. The van der Waals surface area contributed by atoms with Gasteiger partial charge in [0.1, 0.15) is 6.04 Å². The van der Waals surface area contributed by atoms with Gasteiger partial charge in [-0.15, -0.1) is 0 Å². The standard InChI is InChI=1S/C24H24ClF3N4O4/c25-18-5-1-16(2-6-18)21(33)32-10-9-31(15-20(32)22(34)30-11-13-36-14-12-30)23(35)29-19-7-3-17(4-8-19)24(26,27)28/h1-8,20H,9-15H2,(H,29,35). The second-order valence-electron chi connectivity index (χ2n) is 8.41. The van der Waals surface area contributed by atoms with Crippen LogP contribution in [0, 0.1) is 0 Å². The van der Waals surface area contributed by atoms with E-state index in [2.05, 4.69) is 5.32 Å². The fourth-order valence-electron chi connectivity index (χ4n) is 4.12. The predicted molar refractivity (Wildman–Crippen MR) is 126 cm³/mol. The van der Waals surface area contributed by atoms with Crippen LogP contribution in [0.3, 0.4) is 0 Å². The average molecular weight is 525 g/mol. The van der Waals surface area contributed by atoms with Gasteiger partial charge < -0.3 is 24.8 Å². The van der Waals surface area contributed by atoms with Gasteiger partial charge in [-0.3, -0.25) is 9.59 Å². The van der Waals surface area contributed by atoms with Crippen LogP contribution >= 0.6 is 11.6 Å². The molecular weight excluding hydrogens is 501 g/mol. The van der Waals surface area contributed by atoms with Crippen LogP contribution in [0.15, 0.2) is 48.5 Å². The number of rotatable bonds is 3. The number of hydrogen-bond donors (Lipinski definition) is 1. The molecule has 4 amide bonds. The van der Waals surface area contributed by atoms with Crippen LogP contribution in [0.2, 0.25) is 5.02 Å². The number of carbonyl (C=O) groups excluding carboxylic acids is 3. The van der Waals surface area contributed by atoms with E-state index in [1.807, 2.05) is 0 Å². The Labute approximate surface area is 210 Å². The molecule has 0 radical (unpaired) electrons. The van der Waals surface area contributed by atoms with Crippen LogP contribution in [-0.4, -0.2) is 84.5 Å². The maximum absolute atomic E-state index is 13.4. The van der Waals surface area contributed by atoms with Crippen molar-refractivity contribution in [2.24, 2.45) is 0 Å². The van der Waals surface area contributed by atoms with E-state index < -0.39 is 23.8 Å². The first kappa shape index (κ1) is 25.8. The third kappa shape index (κ3) is 5.90. The van der Waals surface area contributed by atoms with Crippen LogP contribution in [0.1, 0.15) is 15.9 Å². The highest BCUT2D eigenvalue weighted by molar-refractivity contribution is 6.30. The van der Waals surface area contributed by atoms with Crippen LogP contribution < -0.4 is 5.32 Å². The molecule has 0 bridgehead atoms. The van der Waals surface area contributed by atoms with E-state index >= 15 is 0 Å². The summed E-state index contributed by atoms with van der Waals surface area (Å²) in [4.78, 5) is 44.0. The van der Waals surface area contributed by atoms with Gasteiger partial charge in [0.15, 0.2) is 0 Å². The van der Waals surface area contributed by atoms with Gasteiger partial charge in [-0.25, -0.2) is 4.79 Å². The third-order valence-corrected chi connectivity index (χ3v) is 6.34. The third-order valence-electron chi connectivity index (χ3n) is 6.09. The monoisotopic (exact) mass is 524 g/mol. The molecule has 0 spiro atoms. The van der Waals surface area contributed by atoms with Crippen molar-refractivity contribution >= 4 is 35.1 Å². The molecule has 0 saturated carbocycles. The Balaban J connectivity index is 1.50. The lowest BCUT2D eigenvalue weighted by Gasteiger charge is -2.42. The summed E-state index contributed by atoms with van der Waals surface area (Å²) >= 11 is 5.93. The van der Waals surface area contributed by atoms with E-state index in [1.165, 1.54) is 9.80 Å². The highest BCUT2D eigenvalue weighted by Crippen LogP contribution is 2.30. The van der Waals surface area contributed by atoms with Crippen molar-refractivity contribution in [3.63, 3.8) is 0 Å². The van der Waals surface area contributed by atoms with Crippen LogP contribution in [0.5, 0.6) is 0 Å². The van der Waals surface area contributed by atoms with Gasteiger partial charge in [-0.1, -0.05) is 11.6 Å². The normalized spacial score (nSPS) is 18.7. The van der Waals surface area contributed by atoms with E-state index in [0.29, 0.717) is 36.9 Å². The summed E-state index contributed by atoms with van der Waals surface area (Å²) in [6, 6.07) is 8.89. The second kappa shape index (κ2) is 10.8. The Morgan fingerprint density at radius 1 is 0.889 bits per heavy atom. The fourth-order valence-corrected chi connectivity index (χ4v) is 4.25. The summed E-state index contributed by atoms with van der Waals surface area (Å²) in [5, 5.41) is 3.04. The number of ether oxygens (including phenoxy) is 1. The number of nitrogens with one attached hydrogen (secondary N) is 1. The van der Waals surface area contributed by atoms with E-state index in [9.17, 15) is 27.6 Å². The molecule has 36 heavy (non-hydrogen) atoms. The highest BCUT2D eigenvalue weighted by Gasteiger charge is 2.39. The molecule has 12 heteroatoms. The lowest BCUT2D eigenvalue weighted by atomic mass is 10.1. The molecule has 2 aromatic rings. The number of urea groups is 1. The zero-order chi connectivity index (χ0) is 25.9. The number of hydrogen-bond acceptors (Lipinski definition) is 4. The molecule has 2 aliphatic heterocycles. The van der Waals surface area contributed by atoms with Crippen molar-refractivity contribution in [1.82, 2.24) is 14.7 Å². The summed E-state index contributed by atoms with van der Waals surface area (Å²) in [7, 11) is 0. The first-order valence-corrected chi connectivity index (χ1v) is 11.7. The molecule has 2 aromatic carbocycles. The number of amides is 4. The minimum atomic E-state index is -4.48. The number of piperazine rings is 1. The van der Waals surface area contributed by atoms with Gasteiger partial charge in [0.2, 0.25) is 5.91 Å². The first-order valence-electron chi connectivity index (χ1n) is 11.3. The second-order valence-corrected chi connectivity index (χ2v) is 8.85. The van der Waals surface area contributed by atoms with Crippen molar-refractivity contribution in [2.75, 3.05) is 51.3 Å². The quantitative estimate of drug-likeness (QED) is 0.665. The Kier molecular flexibility index (Phi) is 7.70. The average Bonchev–Trinajstić information content (AvgIpc) is 2.88. The van der Waals surface area contributed by atoms with Gasteiger partial charge >= 0.3 is 12.2 Å². The van der Waals surface area contributed by atoms with Crippen molar-refractivity contribution in [2.45, 2.75) is 12.2 Å². The van der Waals surface area contributed by atoms with E-state index in [1.54, 1.807) is 29.2 Å². The minimum absolute atomic E-state index is 0.0675. The summed E-state index contributed by atoms with van der Waals surface area (Å²) in [6.07, 6.45) is -4.48. The van der Waals surface area contributed by atoms with Crippen molar-refractivity contribution < 1.29 is 32.3 Å². The number of anilines is 1. The lowest BCUT2D eigenvalue weighted by Crippen LogP contribution is -2.63. The highest BCUT2D eigenvalue weighted by atomic mass is 35.5. The molecule has 1 N–H and O–H groups in total. The maximum atomic E-state index is 13.4. The Bertz CT molecular complexity index is 1110. The Morgan fingerprint density at radius 3 is 2.14 bits per heavy atom. The number of nitrogens with zero attached hydrogens (tertiary/aromatic N) is 3. The van der Waals surface area contributed by atoms with E-state index in [4.69, 9.17) is 16.3 Å². The number of morpholine rings is 1. The zero-order valence-corrected chi connectivity index (χ0v) is 19.9. The molecule has 0 aliphatic carbocycles. The zero-order valence-electron chi connectivity index (χ0n) is 19.1. The Morgan fingerprint density at radius 2 is 1.53 bits per heavy atom. The molecule has 2 saturated heterocycles. The molecule has 1 atom stereocenters.